The van der Waals surface area contributed by atoms with Gasteiger partial charge in [-0.15, -0.1) is 0 Å². The van der Waals surface area contributed by atoms with Gasteiger partial charge in [-0.3, -0.25) is 4.79 Å². The van der Waals surface area contributed by atoms with E-state index in [1.165, 1.54) is 0 Å². The lowest BCUT2D eigenvalue weighted by molar-refractivity contribution is -0.122. The number of nitrogens with one attached hydrogen (secondary N) is 1. The van der Waals surface area contributed by atoms with Crippen molar-refractivity contribution in [3.63, 3.8) is 0 Å². The van der Waals surface area contributed by atoms with Gasteiger partial charge in [0.1, 0.15) is 5.92 Å². The molecule has 0 bridgehead atoms. The molecule has 1 aromatic rings. The lowest BCUT2D eigenvalue weighted by atomic mass is 9.96. The van der Waals surface area contributed by atoms with Crippen molar-refractivity contribution < 1.29 is 10.0 Å². The minimum Gasteiger partial charge on any atom is -0.409 e. The van der Waals surface area contributed by atoms with Crippen molar-refractivity contribution in [2.45, 2.75) is 31.2 Å². The van der Waals surface area contributed by atoms with E-state index >= 15 is 0 Å². The van der Waals surface area contributed by atoms with E-state index in [-0.39, 0.29) is 17.3 Å². The number of hydrogen-bond acceptors (Lipinski definition) is 3. The van der Waals surface area contributed by atoms with Gasteiger partial charge in [0.25, 0.3) is 0 Å². The van der Waals surface area contributed by atoms with Gasteiger partial charge in [-0.2, -0.15) is 0 Å². The van der Waals surface area contributed by atoms with Gasteiger partial charge in [0, 0.05) is 5.54 Å². The maximum absolute atomic E-state index is 12.2. The summed E-state index contributed by atoms with van der Waals surface area (Å²) in [5.41, 5.74) is 6.22. The second-order valence-electron chi connectivity index (χ2n) is 4.92. The average molecular weight is 247 g/mol. The van der Waals surface area contributed by atoms with Crippen molar-refractivity contribution in [2.24, 2.45) is 10.9 Å². The molecule has 2 rings (SSSR count). The number of rotatable bonds is 4. The maximum atomic E-state index is 12.2. The smallest absolute Gasteiger partial charge is 0.235 e. The highest BCUT2D eigenvalue weighted by Gasteiger charge is 2.41. The largest absolute Gasteiger partial charge is 0.409 e. The van der Waals surface area contributed by atoms with Crippen LogP contribution in [0.25, 0.3) is 0 Å². The van der Waals surface area contributed by atoms with Crippen LogP contribution in [-0.2, 0) is 4.79 Å². The van der Waals surface area contributed by atoms with Crippen molar-refractivity contribution in [2.75, 3.05) is 0 Å². The first-order chi connectivity index (χ1) is 8.56. The maximum Gasteiger partial charge on any atom is 0.235 e. The number of amides is 1. The van der Waals surface area contributed by atoms with E-state index in [2.05, 4.69) is 10.5 Å². The Bertz CT molecular complexity index is 466. The molecule has 4 N–H and O–H groups in total. The summed E-state index contributed by atoms with van der Waals surface area (Å²) in [4.78, 5) is 12.2. The van der Waals surface area contributed by atoms with Gasteiger partial charge in [0.15, 0.2) is 5.84 Å². The lowest BCUT2D eigenvalue weighted by Gasteiger charge is -2.19. The molecule has 0 spiro atoms. The molecule has 1 saturated carbocycles. The highest BCUT2D eigenvalue weighted by atomic mass is 16.4. The quantitative estimate of drug-likeness (QED) is 0.323. The molecule has 1 atom stereocenters. The summed E-state index contributed by atoms with van der Waals surface area (Å²) in [6.07, 6.45) is 1.94. The summed E-state index contributed by atoms with van der Waals surface area (Å²) in [7, 11) is 0. The van der Waals surface area contributed by atoms with E-state index in [0.717, 1.165) is 18.4 Å². The monoisotopic (exact) mass is 247 g/mol. The number of oxime groups is 1. The van der Waals surface area contributed by atoms with Gasteiger partial charge in [-0.05, 0) is 25.3 Å². The molecule has 5 nitrogen and oxygen atoms in total. The van der Waals surface area contributed by atoms with Gasteiger partial charge in [0.2, 0.25) is 5.91 Å². The molecule has 1 unspecified atom stereocenters. The molecule has 0 aliphatic heterocycles. The van der Waals surface area contributed by atoms with Crippen molar-refractivity contribution in [3.8, 4) is 0 Å². The summed E-state index contributed by atoms with van der Waals surface area (Å²) in [5, 5.41) is 14.7. The molecule has 1 aromatic carbocycles. The van der Waals surface area contributed by atoms with E-state index in [1.807, 2.05) is 25.1 Å². The van der Waals surface area contributed by atoms with E-state index in [4.69, 9.17) is 10.9 Å². The molecule has 5 heteroatoms. The Morgan fingerprint density at radius 3 is 2.56 bits per heavy atom. The van der Waals surface area contributed by atoms with E-state index in [0.29, 0.717) is 0 Å². The Balaban J connectivity index is 2.23. The molecule has 0 radical (unpaired) electrons. The standard InChI is InChI=1S/C13H17N3O2/c1-13(7-8-13)15-12(17)10(11(14)16-18)9-5-3-2-4-6-9/h2-6,10,18H,7-8H2,1H3,(H2,14,16)(H,15,17). The zero-order valence-electron chi connectivity index (χ0n) is 10.3. The van der Waals surface area contributed by atoms with Crippen LogP contribution in [0.5, 0.6) is 0 Å². The predicted octanol–water partition coefficient (Wildman–Crippen LogP) is 1.19. The highest BCUT2D eigenvalue weighted by molar-refractivity contribution is 6.07. The van der Waals surface area contributed by atoms with Crippen LogP contribution in [0.1, 0.15) is 31.2 Å². The minimum absolute atomic E-state index is 0.0945. The van der Waals surface area contributed by atoms with Crippen molar-refractivity contribution in [1.29, 1.82) is 0 Å². The molecular formula is C13H17N3O2. The number of nitrogens with two attached hydrogens (primary N) is 1. The fourth-order valence-electron chi connectivity index (χ4n) is 1.84. The average Bonchev–Trinajstić information content (AvgIpc) is 3.08. The minimum atomic E-state index is -0.742. The van der Waals surface area contributed by atoms with E-state index in [1.54, 1.807) is 12.1 Å². The lowest BCUT2D eigenvalue weighted by Crippen LogP contribution is -2.42. The number of carbonyl (C=O) groups is 1. The van der Waals surface area contributed by atoms with Gasteiger partial charge in [-0.1, -0.05) is 35.5 Å². The number of amidine groups is 1. The normalized spacial score (nSPS) is 19.1. The molecular weight excluding hydrogens is 230 g/mol. The Hall–Kier alpha value is -2.04. The van der Waals surface area contributed by atoms with Gasteiger partial charge in [-0.25, -0.2) is 0 Å². The zero-order chi connectivity index (χ0) is 13.2. The molecule has 0 aromatic heterocycles. The topological polar surface area (TPSA) is 87.7 Å². The zero-order valence-corrected chi connectivity index (χ0v) is 10.3. The first kappa shape index (κ1) is 12.4. The number of carbonyl (C=O) groups excluding carboxylic acids is 1. The van der Waals surface area contributed by atoms with E-state index < -0.39 is 5.92 Å². The third-order valence-electron chi connectivity index (χ3n) is 3.23. The fraction of sp³-hybridized carbons (Fsp3) is 0.385. The van der Waals surface area contributed by atoms with Crippen LogP contribution in [-0.4, -0.2) is 22.5 Å². The summed E-state index contributed by atoms with van der Waals surface area (Å²) < 4.78 is 0. The Morgan fingerprint density at radius 1 is 1.44 bits per heavy atom. The summed E-state index contributed by atoms with van der Waals surface area (Å²) in [5.74, 6) is -1.06. The predicted molar refractivity (Wildman–Crippen MR) is 68.4 cm³/mol. The molecule has 1 aliphatic rings. The third-order valence-corrected chi connectivity index (χ3v) is 3.23. The van der Waals surface area contributed by atoms with Crippen LogP contribution in [0.4, 0.5) is 0 Å². The molecule has 1 fully saturated rings. The molecule has 18 heavy (non-hydrogen) atoms. The van der Waals surface area contributed by atoms with Crippen LogP contribution in [0.3, 0.4) is 0 Å². The molecule has 1 amide bonds. The Morgan fingerprint density at radius 2 is 2.06 bits per heavy atom. The highest BCUT2D eigenvalue weighted by Crippen LogP contribution is 2.35. The SMILES string of the molecule is CC1(NC(=O)C(/C(N)=N/O)c2ccccc2)CC1. The summed E-state index contributed by atoms with van der Waals surface area (Å²) in [6, 6.07) is 9.07. The summed E-state index contributed by atoms with van der Waals surface area (Å²) in [6.45, 7) is 1.99. The fourth-order valence-corrected chi connectivity index (χ4v) is 1.84. The van der Waals surface area contributed by atoms with Gasteiger partial charge >= 0.3 is 0 Å². The Labute approximate surface area is 106 Å². The van der Waals surface area contributed by atoms with Crippen LogP contribution < -0.4 is 11.1 Å². The second-order valence-corrected chi connectivity index (χ2v) is 4.92. The first-order valence-electron chi connectivity index (χ1n) is 5.90. The number of nitrogens with zero attached hydrogens (tertiary/aromatic N) is 1. The van der Waals surface area contributed by atoms with Gasteiger partial charge in [0.05, 0.1) is 0 Å². The van der Waals surface area contributed by atoms with Crippen molar-refractivity contribution >= 4 is 11.7 Å². The van der Waals surface area contributed by atoms with Gasteiger partial charge < -0.3 is 16.3 Å². The number of benzene rings is 1. The van der Waals surface area contributed by atoms with Crippen LogP contribution in [0, 0.1) is 0 Å². The molecule has 0 saturated heterocycles. The second kappa shape index (κ2) is 4.68. The van der Waals surface area contributed by atoms with E-state index in [9.17, 15) is 4.79 Å². The van der Waals surface area contributed by atoms with Crippen LogP contribution in [0.15, 0.2) is 35.5 Å². The third kappa shape index (κ3) is 2.61. The summed E-state index contributed by atoms with van der Waals surface area (Å²) >= 11 is 0. The molecule has 96 valence electrons. The number of hydrogen-bond donors (Lipinski definition) is 3. The molecule has 0 heterocycles. The van der Waals surface area contributed by atoms with Crippen molar-refractivity contribution in [1.82, 2.24) is 5.32 Å². The van der Waals surface area contributed by atoms with Crippen molar-refractivity contribution in [3.05, 3.63) is 35.9 Å². The van der Waals surface area contributed by atoms with Crippen LogP contribution in [0.2, 0.25) is 0 Å². The molecule has 1 aliphatic carbocycles. The van der Waals surface area contributed by atoms with Crippen LogP contribution >= 0.6 is 0 Å². The Kier molecular flexibility index (Phi) is 3.23. The first-order valence-corrected chi connectivity index (χ1v) is 5.90.